The molecule has 8 nitrogen and oxygen atoms in total. The minimum atomic E-state index is 0. The molecular weight excluding hydrogens is 525 g/mol. The molecule has 2 aromatic rings. The van der Waals surface area contributed by atoms with Gasteiger partial charge in [0.05, 0.1) is 13.2 Å². The van der Waals surface area contributed by atoms with Gasteiger partial charge in [-0.25, -0.2) is 15.0 Å². The summed E-state index contributed by atoms with van der Waals surface area (Å²) in [6.45, 7) is 10.1. The molecular formula is C21H32IN7OS. The van der Waals surface area contributed by atoms with Gasteiger partial charge in [0, 0.05) is 62.9 Å². The molecule has 0 unspecified atom stereocenters. The van der Waals surface area contributed by atoms with Gasteiger partial charge < -0.3 is 19.9 Å². The lowest BCUT2D eigenvalue weighted by atomic mass is 10.3. The Morgan fingerprint density at radius 1 is 1.23 bits per heavy atom. The van der Waals surface area contributed by atoms with Crippen LogP contribution in [0.15, 0.2) is 23.3 Å². The standard InChI is InChI=1S/C21H31N7OS.HI/c1-3-18-25-21(30-26-18)28-11-9-27(10-12-28)20(22-4-2)24-14-17-7-8-19(23-13-17)29-15-16-5-6-16;/h7-8,13,16H,3-6,9-12,14-15H2,1-2H3,(H,22,24);1H. The summed E-state index contributed by atoms with van der Waals surface area (Å²) in [6, 6.07) is 4.01. The van der Waals surface area contributed by atoms with Crippen LogP contribution in [-0.2, 0) is 13.0 Å². The van der Waals surface area contributed by atoms with E-state index in [4.69, 9.17) is 9.73 Å². The van der Waals surface area contributed by atoms with Gasteiger partial charge in [-0.05, 0) is 31.2 Å². The van der Waals surface area contributed by atoms with Crippen molar-refractivity contribution in [3.05, 3.63) is 29.7 Å². The van der Waals surface area contributed by atoms with Crippen molar-refractivity contribution < 1.29 is 4.74 Å². The smallest absolute Gasteiger partial charge is 0.213 e. The van der Waals surface area contributed by atoms with Crippen molar-refractivity contribution >= 4 is 46.6 Å². The van der Waals surface area contributed by atoms with E-state index in [1.165, 1.54) is 24.4 Å². The summed E-state index contributed by atoms with van der Waals surface area (Å²) in [7, 11) is 0. The lowest BCUT2D eigenvalue weighted by Gasteiger charge is -2.36. The van der Waals surface area contributed by atoms with Crippen molar-refractivity contribution in [2.24, 2.45) is 10.9 Å². The summed E-state index contributed by atoms with van der Waals surface area (Å²) < 4.78 is 10.1. The van der Waals surface area contributed by atoms with Crippen LogP contribution in [0.3, 0.4) is 0 Å². The highest BCUT2D eigenvalue weighted by Gasteiger charge is 2.23. The van der Waals surface area contributed by atoms with Gasteiger partial charge in [0.15, 0.2) is 5.96 Å². The third-order valence-corrected chi connectivity index (χ3v) is 6.15. The van der Waals surface area contributed by atoms with E-state index in [2.05, 4.69) is 49.4 Å². The average molecular weight is 558 g/mol. The lowest BCUT2D eigenvalue weighted by Crippen LogP contribution is -2.52. The number of pyridine rings is 1. The average Bonchev–Trinajstić information content (AvgIpc) is 3.50. The van der Waals surface area contributed by atoms with Gasteiger partial charge in [-0.2, -0.15) is 4.37 Å². The molecule has 2 aromatic heterocycles. The van der Waals surface area contributed by atoms with E-state index in [9.17, 15) is 0 Å². The summed E-state index contributed by atoms with van der Waals surface area (Å²) in [6.07, 6.45) is 5.33. The van der Waals surface area contributed by atoms with Gasteiger partial charge in [0.1, 0.15) is 5.82 Å². The minimum absolute atomic E-state index is 0. The summed E-state index contributed by atoms with van der Waals surface area (Å²) in [5.41, 5.74) is 1.09. The van der Waals surface area contributed by atoms with E-state index in [-0.39, 0.29) is 24.0 Å². The van der Waals surface area contributed by atoms with Crippen LogP contribution in [-0.4, -0.2) is 64.5 Å². The van der Waals surface area contributed by atoms with Crippen LogP contribution in [0, 0.1) is 5.92 Å². The summed E-state index contributed by atoms with van der Waals surface area (Å²) in [4.78, 5) is 18.5. The maximum atomic E-state index is 5.72. The number of hydrogen-bond donors (Lipinski definition) is 1. The number of nitrogens with zero attached hydrogens (tertiary/aromatic N) is 6. The minimum Gasteiger partial charge on any atom is -0.477 e. The predicted octanol–water partition coefficient (Wildman–Crippen LogP) is 3.19. The second kappa shape index (κ2) is 11.8. The molecule has 0 atom stereocenters. The molecule has 170 valence electrons. The fraction of sp³-hybridized carbons (Fsp3) is 0.619. The molecule has 1 saturated carbocycles. The van der Waals surface area contributed by atoms with Gasteiger partial charge in [-0.1, -0.05) is 13.0 Å². The third kappa shape index (κ3) is 6.90. The van der Waals surface area contributed by atoms with E-state index < -0.39 is 0 Å². The van der Waals surface area contributed by atoms with Crippen LogP contribution in [0.2, 0.25) is 0 Å². The van der Waals surface area contributed by atoms with E-state index in [1.807, 2.05) is 12.3 Å². The number of nitrogens with one attached hydrogen (secondary N) is 1. The fourth-order valence-corrected chi connectivity index (χ4v) is 4.10. The lowest BCUT2D eigenvalue weighted by molar-refractivity contribution is 0.288. The Morgan fingerprint density at radius 3 is 2.65 bits per heavy atom. The number of aryl methyl sites for hydroxylation is 1. The first kappa shape index (κ1) is 24.0. The van der Waals surface area contributed by atoms with Crippen LogP contribution in [0.25, 0.3) is 0 Å². The van der Waals surface area contributed by atoms with Crippen molar-refractivity contribution in [1.29, 1.82) is 0 Å². The molecule has 3 heterocycles. The van der Waals surface area contributed by atoms with Crippen LogP contribution in [0.5, 0.6) is 5.88 Å². The molecule has 0 radical (unpaired) electrons. The molecule has 0 amide bonds. The van der Waals surface area contributed by atoms with E-state index >= 15 is 0 Å². The van der Waals surface area contributed by atoms with Gasteiger partial charge >= 0.3 is 0 Å². The number of halogens is 1. The number of piperazine rings is 1. The molecule has 1 aliphatic carbocycles. The van der Waals surface area contributed by atoms with Crippen molar-refractivity contribution in [1.82, 2.24) is 24.6 Å². The number of hydrogen-bond acceptors (Lipinski definition) is 7. The zero-order valence-corrected chi connectivity index (χ0v) is 21.4. The SMILES string of the molecule is CCNC(=NCc1ccc(OCC2CC2)nc1)N1CCN(c2nc(CC)ns2)CC1.I. The van der Waals surface area contributed by atoms with Crippen molar-refractivity contribution in [2.75, 3.05) is 44.2 Å². The second-order valence-corrected chi connectivity index (χ2v) is 8.48. The topological polar surface area (TPSA) is 78.8 Å². The van der Waals surface area contributed by atoms with E-state index in [0.29, 0.717) is 12.4 Å². The molecule has 31 heavy (non-hydrogen) atoms. The number of aromatic nitrogens is 3. The molecule has 2 fully saturated rings. The second-order valence-electron chi connectivity index (χ2n) is 7.75. The van der Waals surface area contributed by atoms with Gasteiger partial charge in [0.25, 0.3) is 0 Å². The van der Waals surface area contributed by atoms with E-state index in [0.717, 1.165) is 74.1 Å². The Labute approximate surface area is 205 Å². The highest BCUT2D eigenvalue weighted by atomic mass is 127. The van der Waals surface area contributed by atoms with Crippen LogP contribution in [0.1, 0.15) is 38.1 Å². The molecule has 4 rings (SSSR count). The van der Waals surface area contributed by atoms with Crippen molar-refractivity contribution in [2.45, 2.75) is 39.7 Å². The molecule has 0 bridgehead atoms. The largest absolute Gasteiger partial charge is 0.477 e. The number of ether oxygens (including phenoxy) is 1. The maximum Gasteiger partial charge on any atom is 0.213 e. The monoisotopic (exact) mass is 557 g/mol. The highest BCUT2D eigenvalue weighted by molar-refractivity contribution is 14.0. The Hall–Kier alpha value is -1.69. The van der Waals surface area contributed by atoms with Crippen LogP contribution < -0.4 is 15.0 Å². The molecule has 1 saturated heterocycles. The van der Waals surface area contributed by atoms with Crippen LogP contribution >= 0.6 is 35.5 Å². The van der Waals surface area contributed by atoms with Gasteiger partial charge in [0.2, 0.25) is 11.0 Å². The number of aliphatic imine (C=N–C) groups is 1. The quantitative estimate of drug-likeness (QED) is 0.304. The Bertz CT molecular complexity index is 833. The Balaban J connectivity index is 0.00000272. The molecule has 0 aromatic carbocycles. The molecule has 2 aliphatic rings. The first-order valence-electron chi connectivity index (χ1n) is 10.9. The summed E-state index contributed by atoms with van der Waals surface area (Å²) in [5.74, 6) is 3.34. The maximum absolute atomic E-state index is 5.72. The highest BCUT2D eigenvalue weighted by Crippen LogP contribution is 2.29. The number of anilines is 1. The first-order valence-corrected chi connectivity index (χ1v) is 11.7. The normalized spacial score (nSPS) is 16.8. The van der Waals surface area contributed by atoms with Crippen molar-refractivity contribution in [3.63, 3.8) is 0 Å². The summed E-state index contributed by atoms with van der Waals surface area (Å²) in [5, 5.41) is 4.46. The first-order chi connectivity index (χ1) is 14.7. The number of guanidine groups is 1. The Kier molecular flexibility index (Phi) is 9.12. The van der Waals surface area contributed by atoms with Gasteiger partial charge in [-0.3, -0.25) is 0 Å². The predicted molar refractivity (Wildman–Crippen MR) is 136 cm³/mol. The van der Waals surface area contributed by atoms with Crippen LogP contribution in [0.4, 0.5) is 5.13 Å². The van der Waals surface area contributed by atoms with Crippen molar-refractivity contribution in [3.8, 4) is 5.88 Å². The molecule has 1 N–H and O–H groups in total. The molecule has 10 heteroatoms. The van der Waals surface area contributed by atoms with E-state index in [1.54, 1.807) is 0 Å². The molecule has 0 spiro atoms. The number of rotatable bonds is 8. The molecule has 1 aliphatic heterocycles. The fourth-order valence-electron chi connectivity index (χ4n) is 3.30. The zero-order chi connectivity index (χ0) is 20.8. The third-order valence-electron chi connectivity index (χ3n) is 5.33. The zero-order valence-electron chi connectivity index (χ0n) is 18.3. The van der Waals surface area contributed by atoms with Gasteiger partial charge in [-0.15, -0.1) is 24.0 Å². The summed E-state index contributed by atoms with van der Waals surface area (Å²) >= 11 is 1.50. The Morgan fingerprint density at radius 2 is 2.03 bits per heavy atom.